The second kappa shape index (κ2) is 5.39. The number of hydrogen-bond acceptors (Lipinski definition) is 2. The highest BCUT2D eigenvalue weighted by Crippen LogP contribution is 2.27. The molecular weight excluding hydrogens is 343 g/mol. The van der Waals surface area contributed by atoms with Crippen molar-refractivity contribution < 1.29 is 14.6 Å². The largest absolute Gasteiger partial charge is 0.478 e. The molecule has 4 heteroatoms. The van der Waals surface area contributed by atoms with E-state index in [1.165, 1.54) is 0 Å². The monoisotopic (exact) mass is 354 g/mol. The minimum absolute atomic E-state index is 0.175. The maximum Gasteiger partial charge on any atom is 0.339 e. The number of rotatable bonds is 3. The summed E-state index contributed by atoms with van der Waals surface area (Å²) in [5.74, 6) is 0.00248. The molecular formula is C14H11IO3. The van der Waals surface area contributed by atoms with Gasteiger partial charge in [0.05, 0.1) is 0 Å². The highest BCUT2D eigenvalue weighted by molar-refractivity contribution is 14.1. The third-order valence-corrected chi connectivity index (χ3v) is 3.06. The lowest BCUT2D eigenvalue weighted by Gasteiger charge is -2.09. The fourth-order valence-electron chi connectivity index (χ4n) is 1.56. The zero-order valence-electron chi connectivity index (χ0n) is 9.68. The number of benzene rings is 2. The predicted octanol–water partition coefficient (Wildman–Crippen LogP) is 4.09. The van der Waals surface area contributed by atoms with E-state index in [1.807, 2.05) is 31.2 Å². The van der Waals surface area contributed by atoms with Gasteiger partial charge in [-0.25, -0.2) is 4.79 Å². The Bertz CT molecular complexity index is 593. The first kappa shape index (κ1) is 12.9. The van der Waals surface area contributed by atoms with Crippen LogP contribution < -0.4 is 4.74 Å². The first-order chi connectivity index (χ1) is 8.56. The predicted molar refractivity (Wildman–Crippen MR) is 77.4 cm³/mol. The Balaban J connectivity index is 2.37. The van der Waals surface area contributed by atoms with Crippen LogP contribution in [0.4, 0.5) is 0 Å². The summed E-state index contributed by atoms with van der Waals surface area (Å²) in [6.07, 6.45) is 0. The van der Waals surface area contributed by atoms with Gasteiger partial charge in [0.2, 0.25) is 0 Å². The first-order valence-electron chi connectivity index (χ1n) is 5.33. The molecule has 0 unspecified atom stereocenters. The Morgan fingerprint density at radius 3 is 2.67 bits per heavy atom. The number of carboxylic acid groups (broad SMARTS) is 1. The van der Waals surface area contributed by atoms with Crippen LogP contribution in [0.1, 0.15) is 15.9 Å². The van der Waals surface area contributed by atoms with E-state index in [0.29, 0.717) is 11.5 Å². The Morgan fingerprint density at radius 1 is 1.22 bits per heavy atom. The van der Waals surface area contributed by atoms with E-state index in [0.717, 1.165) is 9.13 Å². The van der Waals surface area contributed by atoms with Crippen molar-refractivity contribution in [2.24, 2.45) is 0 Å². The van der Waals surface area contributed by atoms with E-state index in [9.17, 15) is 4.79 Å². The Morgan fingerprint density at radius 2 is 2.00 bits per heavy atom. The number of halogens is 1. The van der Waals surface area contributed by atoms with Crippen molar-refractivity contribution in [3.63, 3.8) is 0 Å². The third-order valence-electron chi connectivity index (χ3n) is 2.39. The molecule has 18 heavy (non-hydrogen) atoms. The summed E-state index contributed by atoms with van der Waals surface area (Å²) in [6, 6.07) is 12.6. The van der Waals surface area contributed by atoms with Crippen molar-refractivity contribution in [3.8, 4) is 11.5 Å². The smallest absolute Gasteiger partial charge is 0.339 e. The van der Waals surface area contributed by atoms with E-state index in [4.69, 9.17) is 9.84 Å². The van der Waals surface area contributed by atoms with Crippen molar-refractivity contribution in [2.75, 3.05) is 0 Å². The molecule has 0 atom stereocenters. The van der Waals surface area contributed by atoms with E-state index < -0.39 is 5.97 Å². The van der Waals surface area contributed by atoms with Crippen LogP contribution in [0.5, 0.6) is 11.5 Å². The molecule has 0 aliphatic rings. The molecule has 0 aromatic heterocycles. The Kier molecular flexibility index (Phi) is 3.86. The summed E-state index contributed by atoms with van der Waals surface area (Å²) in [5.41, 5.74) is 1.07. The molecule has 0 radical (unpaired) electrons. The van der Waals surface area contributed by atoms with Crippen molar-refractivity contribution in [1.82, 2.24) is 0 Å². The minimum Gasteiger partial charge on any atom is -0.478 e. The van der Waals surface area contributed by atoms with Gasteiger partial charge in [0.1, 0.15) is 17.1 Å². The van der Waals surface area contributed by atoms with Gasteiger partial charge >= 0.3 is 5.97 Å². The zero-order valence-corrected chi connectivity index (χ0v) is 11.8. The topological polar surface area (TPSA) is 46.5 Å². The van der Waals surface area contributed by atoms with Crippen LogP contribution in [0.25, 0.3) is 0 Å². The lowest BCUT2D eigenvalue weighted by atomic mass is 10.1. The van der Waals surface area contributed by atoms with Crippen LogP contribution in [0.2, 0.25) is 0 Å². The van der Waals surface area contributed by atoms with E-state index >= 15 is 0 Å². The quantitative estimate of drug-likeness (QED) is 0.845. The molecule has 0 fully saturated rings. The number of hydrogen-bond donors (Lipinski definition) is 1. The fraction of sp³-hybridized carbons (Fsp3) is 0.0714. The van der Waals surface area contributed by atoms with Gasteiger partial charge in [0.15, 0.2) is 0 Å². The van der Waals surface area contributed by atoms with Crippen LogP contribution in [-0.2, 0) is 0 Å². The highest BCUT2D eigenvalue weighted by atomic mass is 127. The van der Waals surface area contributed by atoms with Crippen LogP contribution in [0.3, 0.4) is 0 Å². The van der Waals surface area contributed by atoms with Gasteiger partial charge in [-0.2, -0.15) is 0 Å². The van der Waals surface area contributed by atoms with Gasteiger partial charge in [-0.15, -0.1) is 0 Å². The van der Waals surface area contributed by atoms with Crippen LogP contribution in [0, 0.1) is 10.5 Å². The lowest BCUT2D eigenvalue weighted by molar-refractivity contribution is 0.0694. The molecule has 2 rings (SSSR count). The molecule has 0 saturated carbocycles. The lowest BCUT2D eigenvalue weighted by Crippen LogP contribution is -2.00. The number of aryl methyl sites for hydroxylation is 1. The van der Waals surface area contributed by atoms with E-state index in [2.05, 4.69) is 22.6 Å². The van der Waals surface area contributed by atoms with Crippen LogP contribution in [0.15, 0.2) is 42.5 Å². The summed E-state index contributed by atoms with van der Waals surface area (Å²) >= 11 is 2.18. The molecule has 0 aliphatic heterocycles. The summed E-state index contributed by atoms with van der Waals surface area (Å²) < 4.78 is 6.66. The summed E-state index contributed by atoms with van der Waals surface area (Å²) in [5, 5.41) is 9.14. The van der Waals surface area contributed by atoms with E-state index in [-0.39, 0.29) is 5.56 Å². The molecule has 0 bridgehead atoms. The van der Waals surface area contributed by atoms with Crippen molar-refractivity contribution in [3.05, 3.63) is 57.2 Å². The molecule has 2 aromatic rings. The highest BCUT2D eigenvalue weighted by Gasteiger charge is 2.12. The minimum atomic E-state index is -0.987. The molecule has 2 aromatic carbocycles. The number of aromatic carboxylic acids is 1. The normalized spacial score (nSPS) is 10.1. The van der Waals surface area contributed by atoms with Gasteiger partial charge in [-0.1, -0.05) is 17.7 Å². The standard InChI is InChI=1S/C14H11IO3/c1-9-5-6-13(12(7-9)14(16)17)18-11-4-2-3-10(15)8-11/h2-8H,1H3,(H,16,17). The molecule has 3 nitrogen and oxygen atoms in total. The number of carbonyl (C=O) groups is 1. The number of ether oxygens (including phenoxy) is 1. The van der Waals surface area contributed by atoms with Crippen LogP contribution >= 0.6 is 22.6 Å². The van der Waals surface area contributed by atoms with Crippen molar-refractivity contribution >= 4 is 28.6 Å². The van der Waals surface area contributed by atoms with Gasteiger partial charge in [0.25, 0.3) is 0 Å². The Labute approximate surface area is 119 Å². The number of carboxylic acids is 1. The molecule has 0 amide bonds. The van der Waals surface area contributed by atoms with E-state index in [1.54, 1.807) is 18.2 Å². The maximum atomic E-state index is 11.1. The van der Waals surface area contributed by atoms with Crippen molar-refractivity contribution in [1.29, 1.82) is 0 Å². The molecule has 0 spiro atoms. The summed E-state index contributed by atoms with van der Waals surface area (Å²) in [6.45, 7) is 1.85. The van der Waals surface area contributed by atoms with Gasteiger partial charge in [0, 0.05) is 3.57 Å². The Hall–Kier alpha value is -1.56. The van der Waals surface area contributed by atoms with Crippen LogP contribution in [-0.4, -0.2) is 11.1 Å². The SMILES string of the molecule is Cc1ccc(Oc2cccc(I)c2)c(C(=O)O)c1. The summed E-state index contributed by atoms with van der Waals surface area (Å²) in [7, 11) is 0. The molecule has 0 heterocycles. The maximum absolute atomic E-state index is 11.1. The molecule has 1 N–H and O–H groups in total. The second-order valence-electron chi connectivity index (χ2n) is 3.86. The van der Waals surface area contributed by atoms with Crippen molar-refractivity contribution in [2.45, 2.75) is 6.92 Å². The first-order valence-corrected chi connectivity index (χ1v) is 6.41. The molecule has 92 valence electrons. The molecule has 0 saturated heterocycles. The molecule has 0 aliphatic carbocycles. The zero-order chi connectivity index (χ0) is 13.1. The average Bonchev–Trinajstić information content (AvgIpc) is 2.31. The average molecular weight is 354 g/mol. The van der Waals surface area contributed by atoms with Gasteiger partial charge in [-0.3, -0.25) is 0 Å². The third kappa shape index (κ3) is 3.01. The fourth-order valence-corrected chi connectivity index (χ4v) is 2.07. The van der Waals surface area contributed by atoms with Gasteiger partial charge < -0.3 is 9.84 Å². The van der Waals surface area contributed by atoms with Gasteiger partial charge in [-0.05, 0) is 59.8 Å². The summed E-state index contributed by atoms with van der Waals surface area (Å²) in [4.78, 5) is 11.1. The second-order valence-corrected chi connectivity index (χ2v) is 5.11.